The zero-order chi connectivity index (χ0) is 21.3. The molecule has 0 aliphatic carbocycles. The molecule has 6 rings (SSSR count). The van der Waals surface area contributed by atoms with E-state index in [1.54, 1.807) is 18.5 Å². The van der Waals surface area contributed by atoms with Gasteiger partial charge in [0.25, 0.3) is 5.95 Å². The van der Waals surface area contributed by atoms with E-state index in [2.05, 4.69) is 59.8 Å². The normalized spacial score (nSPS) is 10.8. The minimum absolute atomic E-state index is 0. The van der Waals surface area contributed by atoms with Gasteiger partial charge in [-0.25, -0.2) is 16.1 Å². The Bertz CT molecular complexity index is 1560. The van der Waals surface area contributed by atoms with Crippen molar-refractivity contribution in [3.63, 3.8) is 0 Å². The van der Waals surface area contributed by atoms with Crippen molar-refractivity contribution < 1.29 is 25.8 Å². The van der Waals surface area contributed by atoms with Crippen molar-refractivity contribution in [3.05, 3.63) is 85.5 Å². The summed E-state index contributed by atoms with van der Waals surface area (Å²) in [6, 6.07) is 24.5. The van der Waals surface area contributed by atoms with Gasteiger partial charge in [0.2, 0.25) is 0 Å². The Balaban J connectivity index is 0.00000228. The van der Waals surface area contributed by atoms with E-state index < -0.39 is 0 Å². The Hall–Kier alpha value is -4.10. The van der Waals surface area contributed by atoms with Crippen LogP contribution in [0.15, 0.2) is 73.3 Å². The molecule has 3 aromatic carbocycles. The standard InChI is InChI=1S/C23H12N8O.Pt/c1-2-7-20-18(6-1)19-9-8-16(13-21(19)31(20)22-24-10-11-25-28-22)15-4-3-5-17(12-15)32-23-29-26-14-27-30-23;/h1-11,14H;/q-2;+2. The van der Waals surface area contributed by atoms with Gasteiger partial charge in [-0.1, -0.05) is 33.8 Å². The van der Waals surface area contributed by atoms with Crippen molar-refractivity contribution in [2.45, 2.75) is 0 Å². The van der Waals surface area contributed by atoms with Crippen LogP contribution in [0.3, 0.4) is 0 Å². The average Bonchev–Trinajstić information content (AvgIpc) is 3.19. The Morgan fingerprint density at radius 3 is 2.42 bits per heavy atom. The molecule has 6 aromatic rings. The summed E-state index contributed by atoms with van der Waals surface area (Å²) in [7, 11) is 0. The number of rotatable bonds is 4. The summed E-state index contributed by atoms with van der Waals surface area (Å²) in [5, 5.41) is 25.2. The van der Waals surface area contributed by atoms with Crippen molar-refractivity contribution in [2.75, 3.05) is 0 Å². The maximum atomic E-state index is 5.62. The van der Waals surface area contributed by atoms with Gasteiger partial charge in [0, 0.05) is 11.3 Å². The Morgan fingerprint density at radius 1 is 0.727 bits per heavy atom. The van der Waals surface area contributed by atoms with Gasteiger partial charge in [0.05, 0.1) is 12.4 Å². The van der Waals surface area contributed by atoms with E-state index in [0.717, 1.165) is 32.9 Å². The Kier molecular flexibility index (Phi) is 5.54. The molecule has 0 aliphatic heterocycles. The molecular formula is C23H12N8OPt. The first kappa shape index (κ1) is 20.8. The molecule has 9 nitrogen and oxygen atoms in total. The number of nitrogens with zero attached hydrogens (tertiary/aromatic N) is 8. The number of aromatic nitrogens is 8. The second-order valence-corrected chi connectivity index (χ2v) is 6.79. The van der Waals surface area contributed by atoms with Gasteiger partial charge in [0.1, 0.15) is 0 Å². The number of benzene rings is 3. The molecule has 0 bridgehead atoms. The molecule has 33 heavy (non-hydrogen) atoms. The molecule has 3 heterocycles. The molecule has 0 saturated heterocycles. The van der Waals surface area contributed by atoms with Crippen LogP contribution in [-0.4, -0.2) is 40.1 Å². The molecule has 0 radical (unpaired) electrons. The molecule has 0 spiro atoms. The van der Waals surface area contributed by atoms with Crippen molar-refractivity contribution in [1.29, 1.82) is 0 Å². The summed E-state index contributed by atoms with van der Waals surface area (Å²) in [5.41, 5.74) is 3.45. The topological polar surface area (TPSA) is 104 Å². The van der Waals surface area contributed by atoms with Crippen LogP contribution in [0.25, 0.3) is 38.9 Å². The largest absolute Gasteiger partial charge is 2.00 e. The van der Waals surface area contributed by atoms with E-state index >= 15 is 0 Å². The van der Waals surface area contributed by atoms with Crippen molar-refractivity contribution >= 4 is 21.8 Å². The predicted octanol–water partition coefficient (Wildman–Crippen LogP) is 3.61. The van der Waals surface area contributed by atoms with Crippen LogP contribution in [0.1, 0.15) is 0 Å². The number of para-hydroxylation sites is 1. The molecule has 10 heteroatoms. The zero-order valence-corrected chi connectivity index (χ0v) is 19.0. The summed E-state index contributed by atoms with van der Waals surface area (Å²) in [4.78, 5) is 4.40. The molecule has 0 N–H and O–H groups in total. The minimum atomic E-state index is 0. The Morgan fingerprint density at radius 2 is 1.58 bits per heavy atom. The summed E-state index contributed by atoms with van der Waals surface area (Å²) in [6.45, 7) is 0. The van der Waals surface area contributed by atoms with Crippen LogP contribution in [0.5, 0.6) is 11.8 Å². The van der Waals surface area contributed by atoms with E-state index in [1.807, 2.05) is 41.0 Å². The maximum absolute atomic E-state index is 5.62. The van der Waals surface area contributed by atoms with E-state index in [0.29, 0.717) is 11.7 Å². The number of hydrogen-bond acceptors (Lipinski definition) is 8. The quantitative estimate of drug-likeness (QED) is 0.279. The van der Waals surface area contributed by atoms with Gasteiger partial charge in [-0.3, -0.25) is 4.57 Å². The fraction of sp³-hybridized carbons (Fsp3) is 0. The first-order chi connectivity index (χ1) is 15.9. The smallest absolute Gasteiger partial charge is 0.443 e. The van der Waals surface area contributed by atoms with Gasteiger partial charge < -0.3 is 4.74 Å². The fourth-order valence-corrected chi connectivity index (χ4v) is 3.60. The molecule has 3 aromatic heterocycles. The number of fused-ring (bicyclic) bond motifs is 3. The number of hydrogen-bond donors (Lipinski definition) is 0. The second kappa shape index (κ2) is 8.80. The summed E-state index contributed by atoms with van der Waals surface area (Å²) in [6.07, 6.45) is 4.41. The first-order valence-electron chi connectivity index (χ1n) is 9.67. The van der Waals surface area contributed by atoms with Crippen LogP contribution in [0.2, 0.25) is 0 Å². The van der Waals surface area contributed by atoms with Gasteiger partial charge in [0.15, 0.2) is 6.33 Å². The molecular weight excluding hydrogens is 599 g/mol. The molecule has 0 aliphatic rings. The SMILES string of the molecule is [Pt+2].[c-]1c(Oc2nncnn2)cccc1-c1[c-]c2c(cc1)c1ccccc1n2-c1nccnn1. The van der Waals surface area contributed by atoms with Crippen molar-refractivity contribution in [2.24, 2.45) is 0 Å². The van der Waals surface area contributed by atoms with Gasteiger partial charge >= 0.3 is 27.1 Å². The van der Waals surface area contributed by atoms with Crippen LogP contribution in [-0.2, 0) is 21.1 Å². The summed E-state index contributed by atoms with van der Waals surface area (Å²) < 4.78 is 7.57. The number of ether oxygens (including phenoxy) is 1. The summed E-state index contributed by atoms with van der Waals surface area (Å²) in [5.74, 6) is 0.927. The van der Waals surface area contributed by atoms with E-state index in [1.165, 1.54) is 6.33 Å². The van der Waals surface area contributed by atoms with Crippen LogP contribution in [0, 0.1) is 12.1 Å². The molecule has 0 atom stereocenters. The molecule has 0 unspecified atom stereocenters. The van der Waals surface area contributed by atoms with E-state index in [4.69, 9.17) is 4.74 Å². The fourth-order valence-electron chi connectivity index (χ4n) is 3.60. The molecule has 0 fully saturated rings. The monoisotopic (exact) mass is 611 g/mol. The summed E-state index contributed by atoms with van der Waals surface area (Å²) >= 11 is 0. The average molecular weight is 611 g/mol. The van der Waals surface area contributed by atoms with Crippen molar-refractivity contribution in [1.82, 2.24) is 40.1 Å². The molecule has 160 valence electrons. The Labute approximate surface area is 201 Å². The first-order valence-corrected chi connectivity index (χ1v) is 9.67. The van der Waals surface area contributed by atoms with Gasteiger partial charge in [-0.05, 0) is 17.0 Å². The predicted molar refractivity (Wildman–Crippen MR) is 115 cm³/mol. The minimum Gasteiger partial charge on any atom is -0.443 e. The zero-order valence-electron chi connectivity index (χ0n) is 16.7. The molecule has 0 saturated carbocycles. The third-order valence-electron chi connectivity index (χ3n) is 4.90. The van der Waals surface area contributed by atoms with Crippen LogP contribution >= 0.6 is 0 Å². The molecule has 0 amide bonds. The van der Waals surface area contributed by atoms with E-state index in [9.17, 15) is 0 Å². The van der Waals surface area contributed by atoms with Crippen molar-refractivity contribution in [3.8, 4) is 28.8 Å². The third-order valence-corrected chi connectivity index (χ3v) is 4.90. The van der Waals surface area contributed by atoms with Crippen LogP contribution in [0.4, 0.5) is 0 Å². The maximum Gasteiger partial charge on any atom is 2.00 e. The third kappa shape index (κ3) is 3.83. The second-order valence-electron chi connectivity index (χ2n) is 6.79. The van der Waals surface area contributed by atoms with Gasteiger partial charge in [-0.15, -0.1) is 33.5 Å². The van der Waals surface area contributed by atoms with Crippen LogP contribution < -0.4 is 4.74 Å². The van der Waals surface area contributed by atoms with Gasteiger partial charge in [-0.2, -0.15) is 29.4 Å². The van der Waals surface area contributed by atoms with E-state index in [-0.39, 0.29) is 27.1 Å².